The normalized spacial score (nSPS) is 12.2. The van der Waals surface area contributed by atoms with Crippen LogP contribution in [0.4, 0.5) is 5.69 Å². The molecule has 0 radical (unpaired) electrons. The zero-order chi connectivity index (χ0) is 18.5. The molecule has 1 amide bonds. The van der Waals surface area contributed by atoms with E-state index in [2.05, 4.69) is 10.3 Å². The predicted molar refractivity (Wildman–Crippen MR) is 103 cm³/mol. The van der Waals surface area contributed by atoms with Crippen molar-refractivity contribution in [2.75, 3.05) is 12.4 Å². The standard InChI is InChI=1S/C19H17N3O3S/c1-22-18(11-17(23)21-14-7-3-4-8-15(14)25-2)26-16(19(22)24)10-13-6-5-9-20-12-13/h3-12H,1-2H3,(H,21,23)/b16-10-,18-11-. The molecule has 3 rings (SSSR count). The largest absolute Gasteiger partial charge is 0.495 e. The van der Waals surface area contributed by atoms with Crippen molar-refractivity contribution in [3.63, 3.8) is 0 Å². The number of methoxy groups -OCH3 is 1. The fourth-order valence-corrected chi connectivity index (χ4v) is 3.38. The van der Waals surface area contributed by atoms with E-state index >= 15 is 0 Å². The van der Waals surface area contributed by atoms with Crippen molar-refractivity contribution in [2.45, 2.75) is 0 Å². The molecule has 0 fully saturated rings. The second-order valence-electron chi connectivity index (χ2n) is 5.43. The van der Waals surface area contributed by atoms with Gasteiger partial charge in [-0.1, -0.05) is 18.2 Å². The van der Waals surface area contributed by atoms with E-state index in [4.69, 9.17) is 4.74 Å². The quantitative estimate of drug-likeness (QED) is 0.749. The lowest BCUT2D eigenvalue weighted by molar-refractivity contribution is -0.110. The summed E-state index contributed by atoms with van der Waals surface area (Å²) in [6.07, 6.45) is 6.51. The van der Waals surface area contributed by atoms with Crippen LogP contribution in [0.2, 0.25) is 0 Å². The topological polar surface area (TPSA) is 73.2 Å². The summed E-state index contributed by atoms with van der Waals surface area (Å²) in [6.45, 7) is 0. The Morgan fingerprint density at radius 2 is 2.08 bits per heavy atom. The minimum absolute atomic E-state index is 0.157. The van der Waals surface area contributed by atoms with Crippen LogP contribution in [0, 0.1) is 0 Å². The number of nitrogens with zero attached hydrogens (tertiary/aromatic N) is 2. The first-order valence-electron chi connectivity index (χ1n) is 7.82. The van der Waals surface area contributed by atoms with E-state index in [1.54, 1.807) is 49.8 Å². The summed E-state index contributed by atoms with van der Waals surface area (Å²) < 4.78 is 7.76. The molecule has 0 saturated carbocycles. The van der Waals surface area contributed by atoms with E-state index in [1.165, 1.54) is 29.1 Å². The highest BCUT2D eigenvalue weighted by Gasteiger charge is 2.06. The molecule has 0 saturated heterocycles. The van der Waals surface area contributed by atoms with Gasteiger partial charge in [0.25, 0.3) is 11.5 Å². The number of anilines is 1. The monoisotopic (exact) mass is 367 g/mol. The molecule has 2 heterocycles. The summed E-state index contributed by atoms with van der Waals surface area (Å²) in [5.41, 5.74) is 1.24. The lowest BCUT2D eigenvalue weighted by Crippen LogP contribution is -2.29. The molecule has 1 aromatic carbocycles. The molecule has 0 spiro atoms. The number of ether oxygens (including phenoxy) is 1. The number of para-hydroxylation sites is 2. The van der Waals surface area contributed by atoms with Crippen LogP contribution < -0.4 is 24.8 Å². The van der Waals surface area contributed by atoms with Crippen molar-refractivity contribution in [1.29, 1.82) is 0 Å². The zero-order valence-electron chi connectivity index (χ0n) is 14.3. The third-order valence-corrected chi connectivity index (χ3v) is 4.78. The predicted octanol–water partition coefficient (Wildman–Crippen LogP) is 1.10. The second-order valence-corrected chi connectivity index (χ2v) is 6.50. The van der Waals surface area contributed by atoms with E-state index in [0.29, 0.717) is 20.6 Å². The summed E-state index contributed by atoms with van der Waals surface area (Å²) in [5, 5.41) is 2.77. The van der Waals surface area contributed by atoms with E-state index in [-0.39, 0.29) is 11.5 Å². The summed E-state index contributed by atoms with van der Waals surface area (Å²) in [7, 11) is 3.18. The highest BCUT2D eigenvalue weighted by atomic mass is 32.1. The molecule has 0 atom stereocenters. The van der Waals surface area contributed by atoms with Crippen LogP contribution in [0.5, 0.6) is 5.75 Å². The molecule has 0 aliphatic carbocycles. The maximum Gasteiger partial charge on any atom is 0.268 e. The number of rotatable bonds is 4. The van der Waals surface area contributed by atoms with Gasteiger partial charge in [-0.3, -0.25) is 14.6 Å². The van der Waals surface area contributed by atoms with Gasteiger partial charge in [0.05, 0.1) is 17.3 Å². The average Bonchev–Trinajstić information content (AvgIpc) is 2.91. The van der Waals surface area contributed by atoms with Gasteiger partial charge in [0.2, 0.25) is 0 Å². The first-order valence-corrected chi connectivity index (χ1v) is 8.63. The van der Waals surface area contributed by atoms with Gasteiger partial charge in [0.1, 0.15) is 10.4 Å². The van der Waals surface area contributed by atoms with Gasteiger partial charge < -0.3 is 14.6 Å². The molecular formula is C19H17N3O3S. The van der Waals surface area contributed by atoms with Gasteiger partial charge in [-0.25, -0.2) is 0 Å². The minimum Gasteiger partial charge on any atom is -0.495 e. The molecule has 0 bridgehead atoms. The molecule has 0 aliphatic heterocycles. The van der Waals surface area contributed by atoms with E-state index in [9.17, 15) is 9.59 Å². The molecule has 3 aromatic rings. The Morgan fingerprint density at radius 1 is 1.27 bits per heavy atom. The van der Waals surface area contributed by atoms with Crippen LogP contribution in [0.25, 0.3) is 12.2 Å². The lowest BCUT2D eigenvalue weighted by atomic mass is 10.3. The van der Waals surface area contributed by atoms with Crippen molar-refractivity contribution in [2.24, 2.45) is 7.05 Å². The van der Waals surface area contributed by atoms with Gasteiger partial charge >= 0.3 is 0 Å². The fraction of sp³-hybridized carbons (Fsp3) is 0.105. The van der Waals surface area contributed by atoms with Gasteiger partial charge in [-0.2, -0.15) is 0 Å². The number of hydrogen-bond donors (Lipinski definition) is 1. The molecule has 0 aliphatic rings. The van der Waals surface area contributed by atoms with Gasteiger partial charge in [0, 0.05) is 25.5 Å². The highest BCUT2D eigenvalue weighted by molar-refractivity contribution is 7.07. The first kappa shape index (κ1) is 17.6. The number of thiazole rings is 1. The number of carbonyl (C=O) groups excluding carboxylic acids is 1. The van der Waals surface area contributed by atoms with Gasteiger partial charge in [0.15, 0.2) is 0 Å². The van der Waals surface area contributed by atoms with Crippen molar-refractivity contribution in [3.8, 4) is 5.75 Å². The number of amides is 1. The zero-order valence-corrected chi connectivity index (χ0v) is 15.1. The third-order valence-electron chi connectivity index (χ3n) is 3.66. The van der Waals surface area contributed by atoms with Crippen molar-refractivity contribution in [3.05, 3.63) is 73.9 Å². The molecule has 1 N–H and O–H groups in total. The molecule has 132 valence electrons. The smallest absolute Gasteiger partial charge is 0.268 e. The number of aromatic nitrogens is 2. The Balaban J connectivity index is 1.94. The van der Waals surface area contributed by atoms with E-state index in [1.807, 2.05) is 12.1 Å². The Morgan fingerprint density at radius 3 is 2.81 bits per heavy atom. The summed E-state index contributed by atoms with van der Waals surface area (Å²) in [5.74, 6) is 0.235. The summed E-state index contributed by atoms with van der Waals surface area (Å²) >= 11 is 1.25. The summed E-state index contributed by atoms with van der Waals surface area (Å²) in [6, 6.07) is 10.8. The molecular weight excluding hydrogens is 350 g/mol. The first-order chi connectivity index (χ1) is 12.6. The van der Waals surface area contributed by atoms with Crippen LogP contribution in [0.3, 0.4) is 0 Å². The number of benzene rings is 1. The third kappa shape index (κ3) is 3.89. The van der Waals surface area contributed by atoms with Crippen LogP contribution in [-0.2, 0) is 11.8 Å². The molecule has 26 heavy (non-hydrogen) atoms. The maximum absolute atomic E-state index is 12.4. The number of carbonyl (C=O) groups is 1. The maximum atomic E-state index is 12.4. The van der Waals surface area contributed by atoms with Crippen LogP contribution in [0.1, 0.15) is 5.56 Å². The highest BCUT2D eigenvalue weighted by Crippen LogP contribution is 2.22. The summed E-state index contributed by atoms with van der Waals surface area (Å²) in [4.78, 5) is 28.7. The molecule has 0 unspecified atom stereocenters. The SMILES string of the molecule is COc1ccccc1NC(=O)/C=c1\s/c(=C\c2cccnc2)c(=O)n1C. The number of hydrogen-bond acceptors (Lipinski definition) is 5. The molecule has 6 nitrogen and oxygen atoms in total. The van der Waals surface area contributed by atoms with E-state index < -0.39 is 0 Å². The van der Waals surface area contributed by atoms with Crippen molar-refractivity contribution >= 4 is 35.1 Å². The minimum atomic E-state index is -0.334. The van der Waals surface area contributed by atoms with Crippen molar-refractivity contribution in [1.82, 2.24) is 9.55 Å². The Kier molecular flexibility index (Phi) is 5.28. The number of pyridine rings is 1. The van der Waals surface area contributed by atoms with Crippen LogP contribution in [-0.4, -0.2) is 22.6 Å². The lowest BCUT2D eigenvalue weighted by Gasteiger charge is -2.07. The van der Waals surface area contributed by atoms with Crippen LogP contribution in [0.15, 0.2) is 53.6 Å². The second kappa shape index (κ2) is 7.79. The number of nitrogens with one attached hydrogen (secondary N) is 1. The molecule has 7 heteroatoms. The van der Waals surface area contributed by atoms with Crippen LogP contribution >= 0.6 is 11.3 Å². The molecule has 2 aromatic heterocycles. The Hall–Kier alpha value is -3.19. The van der Waals surface area contributed by atoms with Gasteiger partial charge in [-0.15, -0.1) is 11.3 Å². The fourth-order valence-electron chi connectivity index (χ4n) is 2.35. The van der Waals surface area contributed by atoms with E-state index in [0.717, 1.165) is 5.56 Å². The average molecular weight is 367 g/mol. The Bertz CT molecular complexity index is 1100. The Labute approximate surface area is 153 Å². The van der Waals surface area contributed by atoms with Crippen molar-refractivity contribution < 1.29 is 9.53 Å². The van der Waals surface area contributed by atoms with Gasteiger partial charge in [-0.05, 0) is 29.8 Å².